The number of nitrogens with two attached hydrogens (primary N) is 1. The molecule has 2 saturated heterocycles. The van der Waals surface area contributed by atoms with E-state index in [0.29, 0.717) is 47.8 Å². The number of ether oxygens (including phenoxy) is 3. The van der Waals surface area contributed by atoms with Gasteiger partial charge in [0.25, 0.3) is 0 Å². The Morgan fingerprint density at radius 3 is 2.48 bits per heavy atom. The van der Waals surface area contributed by atoms with Gasteiger partial charge in [-0.2, -0.15) is 4.98 Å². The summed E-state index contributed by atoms with van der Waals surface area (Å²) < 4.78 is 20.3. The number of carbonyl (C=O) groups is 1. The molecule has 3 N–H and O–H groups in total. The molecule has 2 fully saturated rings. The van der Waals surface area contributed by atoms with Crippen LogP contribution in [-0.4, -0.2) is 82.0 Å². The number of methoxy groups -OCH3 is 3. The van der Waals surface area contributed by atoms with Crippen molar-refractivity contribution in [3.63, 3.8) is 0 Å². The summed E-state index contributed by atoms with van der Waals surface area (Å²) in [4.78, 5) is 26.1. The first kappa shape index (κ1) is 27.6. The van der Waals surface area contributed by atoms with E-state index < -0.39 is 6.04 Å². The summed E-state index contributed by atoms with van der Waals surface area (Å²) in [5, 5.41) is 8.31. The quantitative estimate of drug-likeness (QED) is 0.290. The number of nitrogens with one attached hydrogen (secondary N) is 1. The number of imidazole rings is 1. The van der Waals surface area contributed by atoms with Gasteiger partial charge in [0.05, 0.1) is 38.9 Å². The van der Waals surface area contributed by atoms with Crippen LogP contribution >= 0.6 is 0 Å². The maximum absolute atomic E-state index is 12.2. The van der Waals surface area contributed by atoms with E-state index in [-0.39, 0.29) is 5.91 Å². The molecule has 0 unspecified atom stereocenters. The van der Waals surface area contributed by atoms with E-state index >= 15 is 0 Å². The van der Waals surface area contributed by atoms with Crippen molar-refractivity contribution in [2.24, 2.45) is 5.73 Å². The van der Waals surface area contributed by atoms with Crippen molar-refractivity contribution in [1.82, 2.24) is 29.0 Å². The molecule has 5 heterocycles. The molecule has 0 radical (unpaired) electrons. The number of primary amides is 1. The highest BCUT2D eigenvalue weighted by Crippen LogP contribution is 2.39. The zero-order valence-corrected chi connectivity index (χ0v) is 24.2. The monoisotopic (exact) mass is 575 g/mol. The maximum atomic E-state index is 12.2. The second-order valence-electron chi connectivity index (χ2n) is 10.6. The Morgan fingerprint density at radius 2 is 1.79 bits per heavy atom. The van der Waals surface area contributed by atoms with Gasteiger partial charge in [-0.3, -0.25) is 9.69 Å². The average molecular weight is 576 g/mol. The second kappa shape index (κ2) is 11.8. The van der Waals surface area contributed by atoms with E-state index in [1.165, 1.54) is 19.3 Å². The highest BCUT2D eigenvalue weighted by molar-refractivity contribution is 5.84. The van der Waals surface area contributed by atoms with Gasteiger partial charge in [-0.1, -0.05) is 6.42 Å². The van der Waals surface area contributed by atoms with Gasteiger partial charge in [0.1, 0.15) is 23.7 Å². The number of aromatic nitrogens is 5. The zero-order valence-electron chi connectivity index (χ0n) is 24.2. The summed E-state index contributed by atoms with van der Waals surface area (Å²) in [6.07, 6.45) is 8.79. The number of hydrogen-bond donors (Lipinski definition) is 2. The zero-order chi connectivity index (χ0) is 29.2. The molecule has 0 saturated carbocycles. The Balaban J connectivity index is 1.36. The van der Waals surface area contributed by atoms with Crippen molar-refractivity contribution in [2.75, 3.05) is 51.2 Å². The molecule has 222 valence electrons. The normalized spacial score (nSPS) is 17.5. The topological polar surface area (TPSA) is 137 Å². The van der Waals surface area contributed by atoms with Crippen LogP contribution in [0.4, 0.5) is 17.6 Å². The maximum Gasteiger partial charge on any atom is 0.246 e. The minimum atomic E-state index is -0.435. The Labute approximate surface area is 244 Å². The van der Waals surface area contributed by atoms with Crippen molar-refractivity contribution >= 4 is 29.0 Å². The van der Waals surface area contributed by atoms with E-state index in [9.17, 15) is 4.79 Å². The smallest absolute Gasteiger partial charge is 0.246 e. The van der Waals surface area contributed by atoms with Crippen molar-refractivity contribution in [1.29, 1.82) is 0 Å². The number of nitrogens with zero attached hydrogens (tertiary/aromatic N) is 7. The largest absolute Gasteiger partial charge is 0.493 e. The molecule has 3 aromatic heterocycles. The van der Waals surface area contributed by atoms with Crippen LogP contribution in [0.15, 0.2) is 36.8 Å². The summed E-state index contributed by atoms with van der Waals surface area (Å²) >= 11 is 0. The van der Waals surface area contributed by atoms with Gasteiger partial charge in [0.2, 0.25) is 17.6 Å². The van der Waals surface area contributed by atoms with Crippen molar-refractivity contribution in [2.45, 2.75) is 44.7 Å². The second-order valence-corrected chi connectivity index (χ2v) is 10.6. The highest BCUT2D eigenvalue weighted by Gasteiger charge is 2.32. The fraction of sp³-hybridized carbons (Fsp3) is 0.448. The summed E-state index contributed by atoms with van der Waals surface area (Å²) in [5.41, 5.74) is 8.42. The number of piperidine rings is 1. The third-order valence-electron chi connectivity index (χ3n) is 8.03. The van der Waals surface area contributed by atoms with Gasteiger partial charge in [-0.05, 0) is 50.9 Å². The van der Waals surface area contributed by atoms with Crippen LogP contribution < -0.4 is 30.2 Å². The van der Waals surface area contributed by atoms with E-state index in [0.717, 1.165) is 43.0 Å². The molecular weight excluding hydrogens is 538 g/mol. The first-order valence-electron chi connectivity index (χ1n) is 14.3. The van der Waals surface area contributed by atoms with Crippen LogP contribution in [0.1, 0.15) is 37.8 Å². The lowest BCUT2D eigenvalue weighted by Crippen LogP contribution is -2.41. The number of fused-ring (bicyclic) bond motifs is 1. The molecule has 1 aromatic carbocycles. The first-order chi connectivity index (χ1) is 20.5. The Hall–Kier alpha value is -4.52. The SMILES string of the molecule is COc1cc(-n2cnc(Nc3nc(N4CCC[C@H]4C(N)=O)nn4c(CN5CCCCC5)ccc34)c2)cc(OC)c1OC. The van der Waals surface area contributed by atoms with E-state index in [1.807, 2.05) is 38.4 Å². The summed E-state index contributed by atoms with van der Waals surface area (Å²) in [7, 11) is 4.74. The Morgan fingerprint density at radius 1 is 1.02 bits per heavy atom. The molecule has 0 bridgehead atoms. The Bertz CT molecular complexity index is 1550. The van der Waals surface area contributed by atoms with Crippen LogP contribution in [-0.2, 0) is 11.3 Å². The number of benzene rings is 1. The number of anilines is 3. The van der Waals surface area contributed by atoms with Crippen LogP contribution in [0.25, 0.3) is 11.2 Å². The summed E-state index contributed by atoms with van der Waals surface area (Å²) in [6, 6.07) is 7.39. The lowest BCUT2D eigenvalue weighted by atomic mass is 10.1. The lowest BCUT2D eigenvalue weighted by molar-refractivity contribution is -0.119. The predicted molar refractivity (Wildman–Crippen MR) is 158 cm³/mol. The first-order valence-corrected chi connectivity index (χ1v) is 14.3. The summed E-state index contributed by atoms with van der Waals surface area (Å²) in [6.45, 7) is 3.60. The van der Waals surface area contributed by atoms with E-state index in [1.54, 1.807) is 27.7 Å². The van der Waals surface area contributed by atoms with Crippen molar-refractivity contribution in [3.05, 3.63) is 42.5 Å². The minimum absolute atomic E-state index is 0.365. The highest BCUT2D eigenvalue weighted by atomic mass is 16.5. The van der Waals surface area contributed by atoms with Gasteiger partial charge in [0.15, 0.2) is 17.3 Å². The van der Waals surface area contributed by atoms with Crippen LogP contribution in [0.2, 0.25) is 0 Å². The minimum Gasteiger partial charge on any atom is -0.493 e. The van der Waals surface area contributed by atoms with E-state index in [4.69, 9.17) is 30.0 Å². The number of rotatable bonds is 10. The molecule has 2 aliphatic rings. The van der Waals surface area contributed by atoms with Crippen molar-refractivity contribution < 1.29 is 19.0 Å². The molecule has 0 spiro atoms. The summed E-state index contributed by atoms with van der Waals surface area (Å²) in [5.74, 6) is 2.88. The lowest BCUT2D eigenvalue weighted by Gasteiger charge is -2.26. The van der Waals surface area contributed by atoms with Crippen LogP contribution in [0.3, 0.4) is 0 Å². The third-order valence-corrected chi connectivity index (χ3v) is 8.03. The molecular formula is C29H37N9O4. The van der Waals surface area contributed by atoms with Crippen LogP contribution in [0.5, 0.6) is 17.2 Å². The molecule has 4 aromatic rings. The molecule has 1 amide bonds. The van der Waals surface area contributed by atoms with Gasteiger partial charge in [-0.15, -0.1) is 5.10 Å². The van der Waals surface area contributed by atoms with Gasteiger partial charge in [0, 0.05) is 25.2 Å². The standard InChI is InChI=1S/C29H37N9O4/c1-40-23-14-20(15-24(41-2)26(23)42-3)36-17-25(31-18-36)32-28-22-10-9-19(16-35-11-5-4-6-12-35)38(22)34-29(33-28)37-13-7-8-21(37)27(30)39/h9-10,14-15,17-18,21H,4-8,11-13,16H2,1-3H3,(H2,30,39)(H,32,33,34)/t21-/m0/s1. The number of hydrogen-bond acceptors (Lipinski definition) is 10. The predicted octanol–water partition coefficient (Wildman–Crippen LogP) is 3.12. The molecule has 2 aliphatic heterocycles. The van der Waals surface area contributed by atoms with Crippen molar-refractivity contribution in [3.8, 4) is 22.9 Å². The molecule has 6 rings (SSSR count). The molecule has 42 heavy (non-hydrogen) atoms. The Kier molecular flexibility index (Phi) is 7.74. The van der Waals surface area contributed by atoms with Crippen LogP contribution in [0, 0.1) is 0 Å². The van der Waals surface area contributed by atoms with Gasteiger partial charge < -0.3 is 34.7 Å². The van der Waals surface area contributed by atoms with E-state index in [2.05, 4.69) is 21.3 Å². The fourth-order valence-corrected chi connectivity index (χ4v) is 5.89. The van der Waals surface area contributed by atoms with Gasteiger partial charge >= 0.3 is 0 Å². The average Bonchev–Trinajstić information content (AvgIpc) is 3.77. The third kappa shape index (κ3) is 5.27. The molecule has 1 atom stereocenters. The number of likely N-dealkylation sites (tertiary alicyclic amines) is 1. The fourth-order valence-electron chi connectivity index (χ4n) is 5.89. The van der Waals surface area contributed by atoms with Gasteiger partial charge in [-0.25, -0.2) is 9.50 Å². The number of carbonyl (C=O) groups excluding carboxylic acids is 1. The number of amides is 1. The molecule has 13 heteroatoms. The molecule has 0 aliphatic carbocycles. The molecule has 13 nitrogen and oxygen atoms in total.